The van der Waals surface area contributed by atoms with Crippen LogP contribution in [0.25, 0.3) is 0 Å². The Morgan fingerprint density at radius 3 is 2.64 bits per heavy atom. The van der Waals surface area contributed by atoms with Crippen molar-refractivity contribution in [3.63, 3.8) is 0 Å². The third-order valence-corrected chi connectivity index (χ3v) is 3.20. The van der Waals surface area contributed by atoms with Crippen LogP contribution >= 0.6 is 0 Å². The van der Waals surface area contributed by atoms with Gasteiger partial charge in [-0.3, -0.25) is 4.18 Å². The highest BCUT2D eigenvalue weighted by molar-refractivity contribution is 7.86. The van der Waals surface area contributed by atoms with Gasteiger partial charge in [0.05, 0.1) is 12.4 Å². The highest BCUT2D eigenvalue weighted by atomic mass is 32.2. The molecule has 4 heteroatoms. The predicted molar refractivity (Wildman–Crippen MR) is 56.5 cm³/mol. The standard InChI is InChI=1S/C10H18O3S/c1-3-6-9-7-4-5-8-10(9)13-14(2,11)12/h3,9-10H,1,4-8H2,2H3. The van der Waals surface area contributed by atoms with E-state index in [1.165, 1.54) is 6.42 Å². The fourth-order valence-electron chi connectivity index (χ4n) is 2.01. The monoisotopic (exact) mass is 218 g/mol. The van der Waals surface area contributed by atoms with E-state index in [9.17, 15) is 8.42 Å². The Morgan fingerprint density at radius 2 is 2.07 bits per heavy atom. The molecule has 1 saturated carbocycles. The van der Waals surface area contributed by atoms with E-state index in [4.69, 9.17) is 4.18 Å². The van der Waals surface area contributed by atoms with Crippen molar-refractivity contribution in [3.05, 3.63) is 12.7 Å². The van der Waals surface area contributed by atoms with E-state index >= 15 is 0 Å². The van der Waals surface area contributed by atoms with Gasteiger partial charge in [0.15, 0.2) is 0 Å². The summed E-state index contributed by atoms with van der Waals surface area (Å²) in [6, 6.07) is 0. The van der Waals surface area contributed by atoms with Gasteiger partial charge in [0, 0.05) is 0 Å². The Morgan fingerprint density at radius 1 is 1.43 bits per heavy atom. The van der Waals surface area contributed by atoms with Crippen LogP contribution in [0.5, 0.6) is 0 Å². The van der Waals surface area contributed by atoms with Crippen molar-refractivity contribution < 1.29 is 12.6 Å². The molecule has 1 aliphatic rings. The van der Waals surface area contributed by atoms with Crippen LogP contribution in [0, 0.1) is 5.92 Å². The summed E-state index contributed by atoms with van der Waals surface area (Å²) in [5.41, 5.74) is 0. The first-order valence-electron chi connectivity index (χ1n) is 5.02. The molecule has 0 aliphatic heterocycles. The first kappa shape index (κ1) is 11.7. The molecule has 3 nitrogen and oxygen atoms in total. The van der Waals surface area contributed by atoms with Gasteiger partial charge in [0.25, 0.3) is 10.1 Å². The van der Waals surface area contributed by atoms with Gasteiger partial charge in [0.2, 0.25) is 0 Å². The summed E-state index contributed by atoms with van der Waals surface area (Å²) in [5.74, 6) is 0.330. The number of allylic oxidation sites excluding steroid dienone is 1. The van der Waals surface area contributed by atoms with E-state index in [1.807, 2.05) is 6.08 Å². The molecule has 0 N–H and O–H groups in total. The largest absolute Gasteiger partial charge is 0.267 e. The maximum atomic E-state index is 11.0. The summed E-state index contributed by atoms with van der Waals surface area (Å²) in [5, 5.41) is 0. The lowest BCUT2D eigenvalue weighted by Crippen LogP contribution is -2.29. The van der Waals surface area contributed by atoms with Gasteiger partial charge in [0.1, 0.15) is 0 Å². The summed E-state index contributed by atoms with van der Waals surface area (Å²) in [7, 11) is -3.31. The maximum absolute atomic E-state index is 11.0. The molecular formula is C10H18O3S. The van der Waals surface area contributed by atoms with Crippen molar-refractivity contribution in [1.82, 2.24) is 0 Å². The van der Waals surface area contributed by atoms with E-state index in [0.29, 0.717) is 5.92 Å². The quantitative estimate of drug-likeness (QED) is 0.536. The summed E-state index contributed by atoms with van der Waals surface area (Å²) in [6.07, 6.45) is 7.81. The third-order valence-electron chi connectivity index (χ3n) is 2.61. The molecule has 1 aliphatic carbocycles. The molecular weight excluding hydrogens is 200 g/mol. The first-order chi connectivity index (χ1) is 6.53. The Hall–Kier alpha value is -0.350. The Bertz CT molecular complexity index is 282. The van der Waals surface area contributed by atoms with E-state index in [1.54, 1.807) is 0 Å². The zero-order valence-electron chi connectivity index (χ0n) is 8.61. The molecule has 0 bridgehead atoms. The summed E-state index contributed by atoms with van der Waals surface area (Å²) < 4.78 is 27.1. The lowest BCUT2D eigenvalue weighted by molar-refractivity contribution is 0.102. The molecule has 2 atom stereocenters. The number of hydrogen-bond acceptors (Lipinski definition) is 3. The average molecular weight is 218 g/mol. The zero-order chi connectivity index (χ0) is 10.6. The van der Waals surface area contributed by atoms with Gasteiger partial charge in [-0.15, -0.1) is 6.58 Å². The molecule has 82 valence electrons. The van der Waals surface area contributed by atoms with Crippen molar-refractivity contribution in [2.75, 3.05) is 6.26 Å². The molecule has 0 aromatic heterocycles. The highest BCUT2D eigenvalue weighted by Gasteiger charge is 2.27. The Labute approximate surface area is 86.3 Å². The summed E-state index contributed by atoms with van der Waals surface area (Å²) in [6.45, 7) is 3.68. The molecule has 0 saturated heterocycles. The molecule has 2 unspecified atom stereocenters. The van der Waals surface area contributed by atoms with E-state index in [0.717, 1.165) is 31.9 Å². The molecule has 0 amide bonds. The summed E-state index contributed by atoms with van der Waals surface area (Å²) >= 11 is 0. The topological polar surface area (TPSA) is 43.4 Å². The molecule has 0 aromatic rings. The first-order valence-corrected chi connectivity index (χ1v) is 6.84. The van der Waals surface area contributed by atoms with Gasteiger partial charge >= 0.3 is 0 Å². The van der Waals surface area contributed by atoms with Gasteiger partial charge in [-0.1, -0.05) is 18.9 Å². The van der Waals surface area contributed by atoms with Gasteiger partial charge < -0.3 is 0 Å². The van der Waals surface area contributed by atoms with E-state index in [-0.39, 0.29) is 6.10 Å². The van der Waals surface area contributed by atoms with Crippen LogP contribution in [0.1, 0.15) is 32.1 Å². The van der Waals surface area contributed by atoms with Gasteiger partial charge in [-0.05, 0) is 25.2 Å². The molecule has 1 fully saturated rings. The molecule has 14 heavy (non-hydrogen) atoms. The van der Waals surface area contributed by atoms with Gasteiger partial charge in [-0.25, -0.2) is 0 Å². The Kier molecular flexibility index (Phi) is 4.13. The van der Waals surface area contributed by atoms with Crippen LogP contribution in [-0.4, -0.2) is 20.8 Å². The van der Waals surface area contributed by atoms with Crippen molar-refractivity contribution in [3.8, 4) is 0 Å². The lowest BCUT2D eigenvalue weighted by atomic mass is 9.84. The molecule has 0 aromatic carbocycles. The Balaban J connectivity index is 2.58. The van der Waals surface area contributed by atoms with Gasteiger partial charge in [-0.2, -0.15) is 8.42 Å². The van der Waals surface area contributed by atoms with E-state index < -0.39 is 10.1 Å². The summed E-state index contributed by atoms with van der Waals surface area (Å²) in [4.78, 5) is 0. The number of rotatable bonds is 4. The van der Waals surface area contributed by atoms with Crippen molar-refractivity contribution in [2.24, 2.45) is 5.92 Å². The van der Waals surface area contributed by atoms with Crippen molar-refractivity contribution in [1.29, 1.82) is 0 Å². The highest BCUT2D eigenvalue weighted by Crippen LogP contribution is 2.30. The minimum atomic E-state index is -3.31. The van der Waals surface area contributed by atoms with Crippen LogP contribution in [0.3, 0.4) is 0 Å². The second-order valence-electron chi connectivity index (χ2n) is 3.91. The van der Waals surface area contributed by atoms with Crippen LogP contribution in [0.4, 0.5) is 0 Å². The normalized spacial score (nSPS) is 28.6. The van der Waals surface area contributed by atoms with E-state index in [2.05, 4.69) is 6.58 Å². The average Bonchev–Trinajstić information content (AvgIpc) is 2.06. The zero-order valence-corrected chi connectivity index (χ0v) is 9.42. The molecule has 1 rings (SSSR count). The lowest BCUT2D eigenvalue weighted by Gasteiger charge is -2.29. The van der Waals surface area contributed by atoms with Crippen molar-refractivity contribution >= 4 is 10.1 Å². The van der Waals surface area contributed by atoms with Crippen molar-refractivity contribution in [2.45, 2.75) is 38.2 Å². The maximum Gasteiger partial charge on any atom is 0.264 e. The smallest absolute Gasteiger partial charge is 0.264 e. The minimum absolute atomic E-state index is 0.128. The predicted octanol–water partition coefficient (Wildman–Crippen LogP) is 2.10. The second kappa shape index (κ2) is 4.94. The third kappa shape index (κ3) is 3.80. The number of hydrogen-bond donors (Lipinski definition) is 0. The van der Waals surface area contributed by atoms with Crippen LogP contribution in [0.15, 0.2) is 12.7 Å². The fourth-order valence-corrected chi connectivity index (χ4v) is 2.71. The molecule has 0 heterocycles. The fraction of sp³-hybridized carbons (Fsp3) is 0.800. The van der Waals surface area contributed by atoms with Crippen LogP contribution in [0.2, 0.25) is 0 Å². The minimum Gasteiger partial charge on any atom is -0.267 e. The SMILES string of the molecule is C=CCC1CCCCC1OS(C)(=O)=O. The molecule has 0 radical (unpaired) electrons. The van der Waals surface area contributed by atoms with Crippen LogP contribution < -0.4 is 0 Å². The van der Waals surface area contributed by atoms with Crippen LogP contribution in [-0.2, 0) is 14.3 Å². The molecule has 0 spiro atoms. The second-order valence-corrected chi connectivity index (χ2v) is 5.51.